The third kappa shape index (κ3) is 3.01. The predicted octanol–water partition coefficient (Wildman–Crippen LogP) is 3.60. The summed E-state index contributed by atoms with van der Waals surface area (Å²) in [6, 6.07) is 4.34. The van der Waals surface area contributed by atoms with Crippen LogP contribution in [0.3, 0.4) is 0 Å². The molecule has 1 rings (SSSR count). The number of nitrogens with two attached hydrogens (primary N) is 1. The van der Waals surface area contributed by atoms with E-state index in [1.165, 1.54) is 11.1 Å². The van der Waals surface area contributed by atoms with E-state index in [0.29, 0.717) is 11.8 Å². The minimum absolute atomic E-state index is 0.0969. The van der Waals surface area contributed by atoms with Crippen molar-refractivity contribution in [1.29, 1.82) is 0 Å². The molecule has 0 aromatic heterocycles. The first-order chi connectivity index (χ1) is 7.88. The summed E-state index contributed by atoms with van der Waals surface area (Å²) >= 11 is 0. The fourth-order valence-corrected chi connectivity index (χ4v) is 2.09. The Balaban J connectivity index is 3.10. The lowest BCUT2D eigenvalue weighted by Gasteiger charge is -2.26. The van der Waals surface area contributed by atoms with Gasteiger partial charge in [0.25, 0.3) is 0 Å². The van der Waals surface area contributed by atoms with E-state index in [2.05, 4.69) is 46.8 Å². The Bertz CT molecular complexity index is 385. The van der Waals surface area contributed by atoms with Gasteiger partial charge in [0.05, 0.1) is 7.11 Å². The molecule has 0 bridgehead atoms. The number of hydrogen-bond acceptors (Lipinski definition) is 2. The van der Waals surface area contributed by atoms with E-state index in [0.717, 1.165) is 11.3 Å². The summed E-state index contributed by atoms with van der Waals surface area (Å²) in [6.07, 6.45) is 0. The van der Waals surface area contributed by atoms with Gasteiger partial charge in [0.1, 0.15) is 5.75 Å². The molecule has 0 spiro atoms. The standard InChI is InChI=1S/C15H25NO/c1-9(2)12(5)15(16)13-7-11(4)14(17-6)8-10(13)3/h7-9,12,15H,16H2,1-6H3. The highest BCUT2D eigenvalue weighted by Crippen LogP contribution is 2.31. The maximum atomic E-state index is 6.36. The Kier molecular flexibility index (Phi) is 4.58. The summed E-state index contributed by atoms with van der Waals surface area (Å²) in [7, 11) is 1.71. The number of aryl methyl sites for hydroxylation is 2. The molecule has 0 fully saturated rings. The Morgan fingerprint density at radius 3 is 2.12 bits per heavy atom. The summed E-state index contributed by atoms with van der Waals surface area (Å²) in [5, 5.41) is 0. The largest absolute Gasteiger partial charge is 0.496 e. The van der Waals surface area contributed by atoms with Crippen LogP contribution in [0.4, 0.5) is 0 Å². The second-order valence-electron chi connectivity index (χ2n) is 5.31. The van der Waals surface area contributed by atoms with E-state index in [9.17, 15) is 0 Å². The van der Waals surface area contributed by atoms with Gasteiger partial charge in [0.2, 0.25) is 0 Å². The van der Waals surface area contributed by atoms with Crippen LogP contribution in [0.15, 0.2) is 12.1 Å². The Morgan fingerprint density at radius 1 is 1.06 bits per heavy atom. The lowest BCUT2D eigenvalue weighted by molar-refractivity contribution is 0.350. The summed E-state index contributed by atoms with van der Waals surface area (Å²) in [5.74, 6) is 2.00. The normalized spacial score (nSPS) is 14.8. The van der Waals surface area contributed by atoms with Crippen LogP contribution >= 0.6 is 0 Å². The zero-order valence-corrected chi connectivity index (χ0v) is 11.9. The van der Waals surface area contributed by atoms with Crippen molar-refractivity contribution in [3.63, 3.8) is 0 Å². The molecule has 0 aliphatic heterocycles. The molecular formula is C15H25NO. The Morgan fingerprint density at radius 2 is 1.65 bits per heavy atom. The minimum Gasteiger partial charge on any atom is -0.496 e. The average molecular weight is 235 g/mol. The van der Waals surface area contributed by atoms with Crippen molar-refractivity contribution in [1.82, 2.24) is 0 Å². The Hall–Kier alpha value is -1.02. The molecule has 1 aromatic rings. The summed E-state index contributed by atoms with van der Waals surface area (Å²) in [5.41, 5.74) is 9.97. The number of hydrogen-bond donors (Lipinski definition) is 1. The van der Waals surface area contributed by atoms with E-state index in [4.69, 9.17) is 10.5 Å². The van der Waals surface area contributed by atoms with Gasteiger partial charge in [-0.1, -0.05) is 26.8 Å². The molecule has 2 unspecified atom stereocenters. The maximum absolute atomic E-state index is 6.36. The van der Waals surface area contributed by atoms with Gasteiger partial charge >= 0.3 is 0 Å². The fraction of sp³-hybridized carbons (Fsp3) is 0.600. The Labute approximate surface area is 105 Å². The van der Waals surface area contributed by atoms with Crippen molar-refractivity contribution >= 4 is 0 Å². The van der Waals surface area contributed by atoms with Crippen molar-refractivity contribution < 1.29 is 4.74 Å². The van der Waals surface area contributed by atoms with Crippen molar-refractivity contribution in [2.24, 2.45) is 17.6 Å². The number of benzene rings is 1. The van der Waals surface area contributed by atoms with Crippen LogP contribution in [-0.4, -0.2) is 7.11 Å². The predicted molar refractivity (Wildman–Crippen MR) is 73.4 cm³/mol. The molecule has 0 amide bonds. The van der Waals surface area contributed by atoms with Crippen molar-refractivity contribution in [2.75, 3.05) is 7.11 Å². The van der Waals surface area contributed by atoms with Crippen LogP contribution in [-0.2, 0) is 0 Å². The van der Waals surface area contributed by atoms with Gasteiger partial charge in [-0.05, 0) is 48.4 Å². The van der Waals surface area contributed by atoms with Gasteiger partial charge in [0, 0.05) is 6.04 Å². The lowest BCUT2D eigenvalue weighted by atomic mass is 9.84. The second kappa shape index (κ2) is 5.54. The number of methoxy groups -OCH3 is 1. The molecule has 0 heterocycles. The van der Waals surface area contributed by atoms with Crippen LogP contribution in [0.1, 0.15) is 43.5 Å². The lowest BCUT2D eigenvalue weighted by Crippen LogP contribution is -2.24. The molecule has 1 aromatic carbocycles. The molecule has 96 valence electrons. The van der Waals surface area contributed by atoms with Crippen molar-refractivity contribution in [3.05, 3.63) is 28.8 Å². The SMILES string of the molecule is COc1cc(C)c(C(N)C(C)C(C)C)cc1C. The number of rotatable bonds is 4. The van der Waals surface area contributed by atoms with E-state index < -0.39 is 0 Å². The van der Waals surface area contributed by atoms with Gasteiger partial charge in [0.15, 0.2) is 0 Å². The molecule has 0 aliphatic rings. The molecule has 2 N–H and O–H groups in total. The monoisotopic (exact) mass is 235 g/mol. The van der Waals surface area contributed by atoms with E-state index in [1.807, 2.05) is 0 Å². The molecule has 2 heteroatoms. The molecule has 2 atom stereocenters. The molecule has 0 saturated carbocycles. The molecule has 2 nitrogen and oxygen atoms in total. The topological polar surface area (TPSA) is 35.2 Å². The van der Waals surface area contributed by atoms with Crippen molar-refractivity contribution in [2.45, 2.75) is 40.7 Å². The number of ether oxygens (including phenoxy) is 1. The van der Waals surface area contributed by atoms with Crippen LogP contribution in [0.5, 0.6) is 5.75 Å². The summed E-state index contributed by atoms with van der Waals surface area (Å²) in [6.45, 7) is 10.8. The van der Waals surface area contributed by atoms with Crippen LogP contribution in [0, 0.1) is 25.7 Å². The van der Waals surface area contributed by atoms with E-state index >= 15 is 0 Å². The molecule has 0 aliphatic carbocycles. The minimum atomic E-state index is 0.0969. The molecule has 0 saturated heterocycles. The maximum Gasteiger partial charge on any atom is 0.122 e. The van der Waals surface area contributed by atoms with Crippen LogP contribution < -0.4 is 10.5 Å². The zero-order valence-electron chi connectivity index (χ0n) is 11.9. The van der Waals surface area contributed by atoms with Gasteiger partial charge in [-0.25, -0.2) is 0 Å². The summed E-state index contributed by atoms with van der Waals surface area (Å²) < 4.78 is 5.33. The quantitative estimate of drug-likeness (QED) is 0.865. The molecular weight excluding hydrogens is 210 g/mol. The smallest absolute Gasteiger partial charge is 0.122 e. The van der Waals surface area contributed by atoms with E-state index in [1.54, 1.807) is 7.11 Å². The fourth-order valence-electron chi connectivity index (χ4n) is 2.09. The van der Waals surface area contributed by atoms with Gasteiger partial charge in [-0.2, -0.15) is 0 Å². The third-order valence-electron chi connectivity index (χ3n) is 3.76. The molecule has 17 heavy (non-hydrogen) atoms. The first-order valence-corrected chi connectivity index (χ1v) is 6.29. The highest BCUT2D eigenvalue weighted by molar-refractivity contribution is 5.42. The van der Waals surface area contributed by atoms with Gasteiger partial charge in [-0.15, -0.1) is 0 Å². The highest BCUT2D eigenvalue weighted by Gasteiger charge is 2.20. The third-order valence-corrected chi connectivity index (χ3v) is 3.76. The first kappa shape index (κ1) is 14.0. The zero-order chi connectivity index (χ0) is 13.2. The second-order valence-corrected chi connectivity index (χ2v) is 5.31. The average Bonchev–Trinajstić information content (AvgIpc) is 2.29. The molecule has 0 radical (unpaired) electrons. The first-order valence-electron chi connectivity index (χ1n) is 6.29. The van der Waals surface area contributed by atoms with Gasteiger partial charge < -0.3 is 10.5 Å². The van der Waals surface area contributed by atoms with Crippen LogP contribution in [0.2, 0.25) is 0 Å². The van der Waals surface area contributed by atoms with Gasteiger partial charge in [-0.3, -0.25) is 0 Å². The van der Waals surface area contributed by atoms with E-state index in [-0.39, 0.29) is 6.04 Å². The van der Waals surface area contributed by atoms with Crippen LogP contribution in [0.25, 0.3) is 0 Å². The van der Waals surface area contributed by atoms with Crippen molar-refractivity contribution in [3.8, 4) is 5.75 Å². The summed E-state index contributed by atoms with van der Waals surface area (Å²) in [4.78, 5) is 0. The highest BCUT2D eigenvalue weighted by atomic mass is 16.5.